The van der Waals surface area contributed by atoms with E-state index < -0.39 is 29.2 Å². The number of carbonyl (C=O) groups is 3. The van der Waals surface area contributed by atoms with Crippen LogP contribution in [0.3, 0.4) is 0 Å². The molecule has 0 N–H and O–H groups in total. The number of carbonyl (C=O) groups excluding carboxylic acids is 3. The van der Waals surface area contributed by atoms with Gasteiger partial charge in [-0.3, -0.25) is 14.5 Å². The summed E-state index contributed by atoms with van der Waals surface area (Å²) in [7, 11) is 2.96. The maximum Gasteiger partial charge on any atom is 0.416 e. The van der Waals surface area contributed by atoms with E-state index in [0.29, 0.717) is 0 Å². The summed E-state index contributed by atoms with van der Waals surface area (Å²) in [5, 5.41) is 0. The van der Waals surface area contributed by atoms with Crippen molar-refractivity contribution in [2.24, 2.45) is 0 Å². The SMILES string of the molecule is CN1C(=O)N(C)C2(CCN(C(=O)c3cccc(C(F)(F)F)c3)CC2)C1=O. The normalized spacial score (nSPS) is 20.3. The smallest absolute Gasteiger partial charge is 0.338 e. The lowest BCUT2D eigenvalue weighted by Gasteiger charge is -2.40. The Morgan fingerprint density at radius 2 is 1.73 bits per heavy atom. The predicted octanol–water partition coefficient (Wildman–Crippen LogP) is 2.20. The number of amides is 4. The van der Waals surface area contributed by atoms with Crippen molar-refractivity contribution in [2.45, 2.75) is 24.6 Å². The number of piperidine rings is 1. The van der Waals surface area contributed by atoms with Gasteiger partial charge in [-0.15, -0.1) is 0 Å². The fourth-order valence-corrected chi connectivity index (χ4v) is 3.59. The maximum atomic E-state index is 12.8. The minimum absolute atomic E-state index is 0.0462. The Balaban J connectivity index is 1.76. The van der Waals surface area contributed by atoms with Gasteiger partial charge in [0.05, 0.1) is 5.56 Å². The summed E-state index contributed by atoms with van der Waals surface area (Å²) in [6, 6.07) is 3.88. The quantitative estimate of drug-likeness (QED) is 0.713. The van der Waals surface area contributed by atoms with E-state index in [1.54, 1.807) is 7.05 Å². The summed E-state index contributed by atoms with van der Waals surface area (Å²) in [5.41, 5.74) is -1.90. The fraction of sp³-hybridized carbons (Fsp3) is 0.471. The van der Waals surface area contributed by atoms with Crippen molar-refractivity contribution >= 4 is 17.8 Å². The highest BCUT2D eigenvalue weighted by Gasteiger charge is 2.55. The molecule has 0 saturated carbocycles. The minimum atomic E-state index is -4.52. The number of nitrogens with zero attached hydrogens (tertiary/aromatic N) is 3. The number of hydrogen-bond acceptors (Lipinski definition) is 3. The van der Waals surface area contributed by atoms with Gasteiger partial charge >= 0.3 is 12.2 Å². The summed E-state index contributed by atoms with van der Waals surface area (Å²) < 4.78 is 38.5. The minimum Gasteiger partial charge on any atom is -0.338 e. The lowest BCUT2D eigenvalue weighted by molar-refractivity contribution is -0.137. The molecule has 0 radical (unpaired) electrons. The van der Waals surface area contributed by atoms with E-state index in [4.69, 9.17) is 0 Å². The van der Waals surface area contributed by atoms with Crippen molar-refractivity contribution in [3.8, 4) is 0 Å². The standard InChI is InChI=1S/C17H18F3N3O3/c1-21-14(25)16(22(2)15(21)26)6-8-23(9-7-16)13(24)11-4-3-5-12(10-11)17(18,19)20/h3-5,10H,6-9H2,1-2H3. The number of rotatable bonds is 1. The Bertz CT molecular complexity index is 770. The van der Waals surface area contributed by atoms with Gasteiger partial charge in [-0.1, -0.05) is 6.07 Å². The zero-order valence-electron chi connectivity index (χ0n) is 14.3. The molecule has 0 atom stereocenters. The molecule has 0 unspecified atom stereocenters. The summed E-state index contributed by atoms with van der Waals surface area (Å²) in [6.07, 6.45) is -4.02. The molecule has 1 aromatic rings. The summed E-state index contributed by atoms with van der Waals surface area (Å²) in [5.74, 6) is -0.824. The Morgan fingerprint density at radius 1 is 1.12 bits per heavy atom. The van der Waals surface area contributed by atoms with Crippen LogP contribution in [0, 0.1) is 0 Å². The molecule has 1 aromatic carbocycles. The third kappa shape index (κ3) is 2.71. The van der Waals surface area contributed by atoms with Crippen molar-refractivity contribution in [2.75, 3.05) is 27.2 Å². The molecule has 9 heteroatoms. The van der Waals surface area contributed by atoms with E-state index >= 15 is 0 Å². The molecule has 26 heavy (non-hydrogen) atoms. The van der Waals surface area contributed by atoms with E-state index in [9.17, 15) is 27.6 Å². The molecule has 1 spiro atoms. The maximum absolute atomic E-state index is 12.8. The molecular weight excluding hydrogens is 351 g/mol. The molecule has 0 bridgehead atoms. The van der Waals surface area contributed by atoms with Crippen molar-refractivity contribution < 1.29 is 27.6 Å². The van der Waals surface area contributed by atoms with E-state index in [2.05, 4.69) is 0 Å². The second-order valence-electron chi connectivity index (χ2n) is 6.61. The summed E-state index contributed by atoms with van der Waals surface area (Å²) in [6.45, 7) is 0.374. The number of imide groups is 1. The van der Waals surface area contributed by atoms with Gasteiger partial charge in [0.2, 0.25) is 0 Å². The highest BCUT2D eigenvalue weighted by Crippen LogP contribution is 2.36. The fourth-order valence-electron chi connectivity index (χ4n) is 3.59. The number of halogens is 3. The zero-order chi connectivity index (χ0) is 19.3. The van der Waals surface area contributed by atoms with Gasteiger partial charge in [0, 0.05) is 32.7 Å². The second kappa shape index (κ2) is 6.00. The van der Waals surface area contributed by atoms with Crippen LogP contribution in [0.4, 0.5) is 18.0 Å². The van der Waals surface area contributed by atoms with Gasteiger partial charge < -0.3 is 9.80 Å². The van der Waals surface area contributed by atoms with Crippen LogP contribution in [0.2, 0.25) is 0 Å². The Hall–Kier alpha value is -2.58. The molecule has 2 aliphatic heterocycles. The van der Waals surface area contributed by atoms with Gasteiger partial charge in [-0.25, -0.2) is 4.79 Å². The van der Waals surface area contributed by atoms with Gasteiger partial charge in [-0.2, -0.15) is 13.2 Å². The average molecular weight is 369 g/mol. The van der Waals surface area contributed by atoms with Crippen molar-refractivity contribution in [3.05, 3.63) is 35.4 Å². The third-order valence-corrected chi connectivity index (χ3v) is 5.23. The number of likely N-dealkylation sites (tertiary alicyclic amines) is 1. The number of likely N-dealkylation sites (N-methyl/N-ethyl adjacent to an activating group) is 2. The van der Waals surface area contributed by atoms with Crippen LogP contribution in [0.15, 0.2) is 24.3 Å². The van der Waals surface area contributed by atoms with Gasteiger partial charge in [0.15, 0.2) is 0 Å². The Morgan fingerprint density at radius 3 is 2.23 bits per heavy atom. The topological polar surface area (TPSA) is 60.9 Å². The molecule has 4 amide bonds. The first-order chi connectivity index (χ1) is 12.1. The first-order valence-corrected chi connectivity index (χ1v) is 8.10. The predicted molar refractivity (Wildman–Crippen MR) is 85.2 cm³/mol. The number of alkyl halides is 3. The van der Waals surface area contributed by atoms with Crippen LogP contribution in [0.25, 0.3) is 0 Å². The van der Waals surface area contributed by atoms with Gasteiger partial charge in [0.25, 0.3) is 11.8 Å². The highest BCUT2D eigenvalue weighted by atomic mass is 19.4. The van der Waals surface area contributed by atoms with Gasteiger partial charge in [-0.05, 0) is 31.0 Å². The third-order valence-electron chi connectivity index (χ3n) is 5.23. The molecular formula is C17H18F3N3O3. The molecule has 0 aliphatic carbocycles. The van der Waals surface area contributed by atoms with Crippen LogP contribution in [0.1, 0.15) is 28.8 Å². The number of hydrogen-bond donors (Lipinski definition) is 0. The van der Waals surface area contributed by atoms with E-state index in [1.165, 1.54) is 29.0 Å². The molecule has 2 aliphatic rings. The lowest BCUT2D eigenvalue weighted by atomic mass is 9.86. The molecule has 0 aromatic heterocycles. The van der Waals surface area contributed by atoms with E-state index in [-0.39, 0.29) is 37.4 Å². The summed E-state index contributed by atoms with van der Waals surface area (Å²) in [4.78, 5) is 40.9. The lowest BCUT2D eigenvalue weighted by Crippen LogP contribution is -2.56. The summed E-state index contributed by atoms with van der Waals surface area (Å²) >= 11 is 0. The van der Waals surface area contributed by atoms with Crippen molar-refractivity contribution in [1.82, 2.24) is 14.7 Å². The monoisotopic (exact) mass is 369 g/mol. The highest BCUT2D eigenvalue weighted by molar-refractivity contribution is 6.06. The number of urea groups is 1. The van der Waals surface area contributed by atoms with Crippen LogP contribution in [0.5, 0.6) is 0 Å². The molecule has 2 heterocycles. The van der Waals surface area contributed by atoms with Gasteiger partial charge in [0.1, 0.15) is 5.54 Å². The van der Waals surface area contributed by atoms with Crippen molar-refractivity contribution in [1.29, 1.82) is 0 Å². The first-order valence-electron chi connectivity index (χ1n) is 8.10. The first kappa shape index (κ1) is 18.2. The zero-order valence-corrected chi connectivity index (χ0v) is 14.3. The molecule has 6 nitrogen and oxygen atoms in total. The molecule has 3 rings (SSSR count). The van der Waals surface area contributed by atoms with E-state index in [1.807, 2.05) is 0 Å². The Labute approximate surface area is 148 Å². The second-order valence-corrected chi connectivity index (χ2v) is 6.61. The van der Waals surface area contributed by atoms with Crippen molar-refractivity contribution in [3.63, 3.8) is 0 Å². The average Bonchev–Trinajstić information content (AvgIpc) is 2.77. The van der Waals surface area contributed by atoms with Crippen LogP contribution in [-0.2, 0) is 11.0 Å². The molecule has 2 saturated heterocycles. The Kier molecular flexibility index (Phi) is 4.20. The van der Waals surface area contributed by atoms with Crippen LogP contribution in [-0.4, -0.2) is 65.3 Å². The van der Waals surface area contributed by atoms with Crippen LogP contribution >= 0.6 is 0 Å². The van der Waals surface area contributed by atoms with E-state index in [0.717, 1.165) is 17.0 Å². The largest absolute Gasteiger partial charge is 0.416 e. The van der Waals surface area contributed by atoms with Crippen LogP contribution < -0.4 is 0 Å². The number of benzene rings is 1. The molecule has 140 valence electrons. The molecule has 2 fully saturated rings.